The fourth-order valence-corrected chi connectivity index (χ4v) is 4.23. The highest BCUT2D eigenvalue weighted by Gasteiger charge is 2.40. The quantitative estimate of drug-likeness (QED) is 0.600. The molecule has 1 aliphatic heterocycles. The fourth-order valence-electron chi connectivity index (χ4n) is 4.23. The number of primary amides is 1. The van der Waals surface area contributed by atoms with Gasteiger partial charge in [-0.1, -0.05) is 30.3 Å². The van der Waals surface area contributed by atoms with Gasteiger partial charge >= 0.3 is 0 Å². The number of hydrogen-bond acceptors (Lipinski definition) is 4. The molecule has 2 amide bonds. The van der Waals surface area contributed by atoms with Gasteiger partial charge in [0.15, 0.2) is 5.76 Å². The largest absolute Gasteiger partial charge is 0.493 e. The van der Waals surface area contributed by atoms with Crippen LogP contribution in [-0.4, -0.2) is 36.4 Å². The van der Waals surface area contributed by atoms with Gasteiger partial charge in [-0.05, 0) is 49.2 Å². The van der Waals surface area contributed by atoms with Crippen LogP contribution in [0.1, 0.15) is 29.8 Å². The molecular formula is C25H25FN2O4. The number of benzene rings is 2. The minimum atomic E-state index is -0.587. The lowest BCUT2D eigenvalue weighted by Crippen LogP contribution is -2.50. The molecule has 0 unspecified atom stereocenters. The first-order valence-electron chi connectivity index (χ1n) is 10.6. The molecule has 2 N–H and O–H groups in total. The van der Waals surface area contributed by atoms with Crippen molar-refractivity contribution in [3.8, 4) is 17.1 Å². The molecule has 32 heavy (non-hydrogen) atoms. The third-order valence-electron chi connectivity index (χ3n) is 5.74. The Hall–Kier alpha value is -3.61. The number of nitrogens with two attached hydrogens (primary N) is 1. The van der Waals surface area contributed by atoms with Crippen LogP contribution in [-0.2, 0) is 4.79 Å². The molecule has 0 saturated carbocycles. The maximum atomic E-state index is 14.1. The van der Waals surface area contributed by atoms with Crippen LogP contribution in [0, 0.1) is 11.2 Å². The summed E-state index contributed by atoms with van der Waals surface area (Å²) >= 11 is 0. The van der Waals surface area contributed by atoms with Crippen molar-refractivity contribution in [2.45, 2.75) is 19.3 Å². The first kappa shape index (κ1) is 21.6. The predicted molar refractivity (Wildman–Crippen MR) is 117 cm³/mol. The minimum absolute atomic E-state index is 0.113. The molecule has 1 fully saturated rings. The zero-order valence-electron chi connectivity index (χ0n) is 17.6. The fraction of sp³-hybridized carbons (Fsp3) is 0.280. The zero-order valence-corrected chi connectivity index (χ0v) is 17.6. The van der Waals surface area contributed by atoms with Gasteiger partial charge in [-0.15, -0.1) is 0 Å². The maximum Gasteiger partial charge on any atom is 0.289 e. The molecule has 2 heterocycles. The molecule has 166 valence electrons. The molecule has 0 radical (unpaired) electrons. The number of piperidine rings is 1. The van der Waals surface area contributed by atoms with Crippen LogP contribution in [0.25, 0.3) is 11.3 Å². The van der Waals surface area contributed by atoms with Crippen LogP contribution in [0.15, 0.2) is 71.1 Å². The first-order chi connectivity index (χ1) is 15.5. The van der Waals surface area contributed by atoms with Gasteiger partial charge in [0.05, 0.1) is 12.2 Å². The highest BCUT2D eigenvalue weighted by atomic mass is 19.1. The molecular weight excluding hydrogens is 411 g/mol. The van der Waals surface area contributed by atoms with Gasteiger partial charge in [0, 0.05) is 24.9 Å². The topological polar surface area (TPSA) is 85.8 Å². The van der Waals surface area contributed by atoms with E-state index in [4.69, 9.17) is 14.9 Å². The highest BCUT2D eigenvalue weighted by Crippen LogP contribution is 2.35. The van der Waals surface area contributed by atoms with E-state index >= 15 is 0 Å². The van der Waals surface area contributed by atoms with Crippen molar-refractivity contribution < 1.29 is 23.1 Å². The molecule has 0 aliphatic carbocycles. The summed E-state index contributed by atoms with van der Waals surface area (Å²) in [6.07, 6.45) is 1.53. The van der Waals surface area contributed by atoms with Gasteiger partial charge in [-0.3, -0.25) is 9.59 Å². The van der Waals surface area contributed by atoms with Gasteiger partial charge in [0.25, 0.3) is 5.91 Å². The van der Waals surface area contributed by atoms with E-state index in [2.05, 4.69) is 0 Å². The summed E-state index contributed by atoms with van der Waals surface area (Å²) < 4.78 is 25.7. The first-order valence-corrected chi connectivity index (χ1v) is 10.6. The van der Waals surface area contributed by atoms with E-state index in [1.54, 1.807) is 35.2 Å². The second-order valence-electron chi connectivity index (χ2n) is 8.22. The zero-order chi connectivity index (χ0) is 22.6. The number of ether oxygens (including phenoxy) is 1. The molecule has 1 aromatic heterocycles. The predicted octanol–water partition coefficient (Wildman–Crippen LogP) is 4.26. The molecule has 1 saturated heterocycles. The number of halogens is 1. The number of furan rings is 1. The standard InChI is InChI=1S/C25H25FN2O4/c26-20-10-5-4-9-19(20)21-11-12-22(32-21)24(30)28-14-6-13-25(16-28,15-23(27)29)17-31-18-7-2-1-3-8-18/h1-5,7-12H,6,13-17H2,(H2,27,29)/t25-/m0/s1. The van der Waals surface area contributed by atoms with Gasteiger partial charge in [-0.2, -0.15) is 0 Å². The number of hydrogen-bond donors (Lipinski definition) is 1. The van der Waals surface area contributed by atoms with Crippen LogP contribution in [0.5, 0.6) is 5.75 Å². The molecule has 4 rings (SSSR count). The third-order valence-corrected chi connectivity index (χ3v) is 5.74. The Kier molecular flexibility index (Phi) is 6.25. The molecule has 0 spiro atoms. The minimum Gasteiger partial charge on any atom is -0.493 e. The van der Waals surface area contributed by atoms with E-state index in [1.807, 2.05) is 30.3 Å². The van der Waals surface area contributed by atoms with Crippen molar-refractivity contribution in [3.05, 3.63) is 78.3 Å². The Morgan fingerprint density at radius 1 is 1.06 bits per heavy atom. The van der Waals surface area contributed by atoms with E-state index < -0.39 is 17.1 Å². The molecule has 7 heteroatoms. The molecule has 3 aromatic rings. The average molecular weight is 436 g/mol. The van der Waals surface area contributed by atoms with Gasteiger partial charge in [0.1, 0.15) is 17.3 Å². The van der Waals surface area contributed by atoms with Crippen molar-refractivity contribution in [3.63, 3.8) is 0 Å². The number of rotatable bonds is 7. The normalized spacial score (nSPS) is 18.3. The van der Waals surface area contributed by atoms with E-state index in [1.165, 1.54) is 6.07 Å². The number of nitrogens with zero attached hydrogens (tertiary/aromatic N) is 1. The number of carbonyl (C=O) groups is 2. The second-order valence-corrected chi connectivity index (χ2v) is 8.22. The molecule has 0 bridgehead atoms. The SMILES string of the molecule is NC(=O)C[C@@]1(COc2ccccc2)CCCN(C(=O)c2ccc(-c3ccccc3F)o2)C1. The van der Waals surface area contributed by atoms with Crippen LogP contribution >= 0.6 is 0 Å². The Morgan fingerprint density at radius 3 is 2.56 bits per heavy atom. The lowest BCUT2D eigenvalue weighted by atomic mass is 9.77. The summed E-state index contributed by atoms with van der Waals surface area (Å²) in [5.74, 6) is -0.0456. The Morgan fingerprint density at radius 2 is 1.81 bits per heavy atom. The smallest absolute Gasteiger partial charge is 0.289 e. The van der Waals surface area contributed by atoms with Crippen molar-refractivity contribution in [1.82, 2.24) is 4.90 Å². The molecule has 1 aliphatic rings. The summed E-state index contributed by atoms with van der Waals surface area (Å²) in [4.78, 5) is 26.6. The Labute approximate surface area is 185 Å². The molecule has 2 aromatic carbocycles. The summed E-state index contributed by atoms with van der Waals surface area (Å²) in [7, 11) is 0. The van der Waals surface area contributed by atoms with Crippen molar-refractivity contribution in [2.24, 2.45) is 11.1 Å². The van der Waals surface area contributed by atoms with E-state index in [0.717, 1.165) is 0 Å². The Bertz CT molecular complexity index is 1100. The summed E-state index contributed by atoms with van der Waals surface area (Å²) in [6.45, 7) is 1.11. The average Bonchev–Trinajstić information content (AvgIpc) is 3.28. The molecule has 1 atom stereocenters. The van der Waals surface area contributed by atoms with Crippen LogP contribution in [0.3, 0.4) is 0 Å². The Balaban J connectivity index is 1.51. The second kappa shape index (κ2) is 9.26. The van der Waals surface area contributed by atoms with Crippen LogP contribution < -0.4 is 10.5 Å². The van der Waals surface area contributed by atoms with Crippen LogP contribution in [0.2, 0.25) is 0 Å². The van der Waals surface area contributed by atoms with Crippen LogP contribution in [0.4, 0.5) is 4.39 Å². The summed E-state index contributed by atoms with van der Waals surface area (Å²) in [5, 5.41) is 0. The van der Waals surface area contributed by atoms with E-state index in [-0.39, 0.29) is 24.7 Å². The maximum absolute atomic E-state index is 14.1. The molecule has 6 nitrogen and oxygen atoms in total. The van der Waals surface area contributed by atoms with Gasteiger partial charge < -0.3 is 19.8 Å². The van der Waals surface area contributed by atoms with Gasteiger partial charge in [0.2, 0.25) is 5.91 Å². The monoisotopic (exact) mass is 436 g/mol. The van der Waals surface area contributed by atoms with Crippen molar-refractivity contribution >= 4 is 11.8 Å². The number of carbonyl (C=O) groups excluding carboxylic acids is 2. The lowest BCUT2D eigenvalue weighted by Gasteiger charge is -2.41. The third kappa shape index (κ3) is 4.82. The van der Waals surface area contributed by atoms with Gasteiger partial charge in [-0.25, -0.2) is 4.39 Å². The summed E-state index contributed by atoms with van der Waals surface area (Å²) in [6, 6.07) is 18.7. The lowest BCUT2D eigenvalue weighted by molar-refractivity contribution is -0.122. The number of para-hydroxylation sites is 1. The number of likely N-dealkylation sites (tertiary alicyclic amines) is 1. The number of amides is 2. The van der Waals surface area contributed by atoms with E-state index in [0.29, 0.717) is 43.0 Å². The highest BCUT2D eigenvalue weighted by molar-refractivity contribution is 5.92. The van der Waals surface area contributed by atoms with E-state index in [9.17, 15) is 14.0 Å². The van der Waals surface area contributed by atoms with Crippen molar-refractivity contribution in [1.29, 1.82) is 0 Å². The van der Waals surface area contributed by atoms with Crippen molar-refractivity contribution in [2.75, 3.05) is 19.7 Å². The summed E-state index contributed by atoms with van der Waals surface area (Å²) in [5.41, 5.74) is 5.25.